The van der Waals surface area contributed by atoms with Crippen LogP contribution in [0, 0.1) is 5.82 Å². The SMILES string of the molecule is CCc1ccccc1-c1ccc(CNC(=O)NNC(=O)c2cncc(C(F)(F)F)c2)c(F)c1. The minimum atomic E-state index is -4.66. The normalized spacial score (nSPS) is 11.1. The van der Waals surface area contributed by atoms with Crippen LogP contribution in [0.3, 0.4) is 0 Å². The summed E-state index contributed by atoms with van der Waals surface area (Å²) in [5.41, 5.74) is 5.41. The second kappa shape index (κ2) is 10.1. The quantitative estimate of drug-likeness (QED) is 0.384. The van der Waals surface area contributed by atoms with Crippen LogP contribution in [0.15, 0.2) is 60.9 Å². The van der Waals surface area contributed by atoms with Crippen molar-refractivity contribution >= 4 is 11.9 Å². The highest BCUT2D eigenvalue weighted by Gasteiger charge is 2.31. The minimum absolute atomic E-state index is 0.172. The van der Waals surface area contributed by atoms with Crippen LogP contribution in [-0.2, 0) is 19.1 Å². The van der Waals surface area contributed by atoms with E-state index in [1.54, 1.807) is 12.1 Å². The molecule has 0 aliphatic rings. The third-order valence-electron chi connectivity index (χ3n) is 4.82. The molecule has 0 aliphatic heterocycles. The number of aryl methyl sites for hydroxylation is 1. The van der Waals surface area contributed by atoms with E-state index in [1.807, 2.05) is 42.0 Å². The Bertz CT molecular complexity index is 1170. The molecule has 0 saturated carbocycles. The second-order valence-electron chi connectivity index (χ2n) is 7.04. The molecule has 0 fully saturated rings. The van der Waals surface area contributed by atoms with Crippen LogP contribution in [0.1, 0.15) is 34.0 Å². The van der Waals surface area contributed by atoms with Gasteiger partial charge in [0.15, 0.2) is 0 Å². The van der Waals surface area contributed by atoms with Gasteiger partial charge in [-0.25, -0.2) is 14.6 Å². The molecule has 10 heteroatoms. The molecule has 0 bridgehead atoms. The molecule has 3 aromatic rings. The van der Waals surface area contributed by atoms with E-state index in [1.165, 1.54) is 6.07 Å². The Morgan fingerprint density at radius 2 is 1.73 bits per heavy atom. The minimum Gasteiger partial charge on any atom is -0.333 e. The number of pyridine rings is 1. The first kappa shape index (κ1) is 23.7. The maximum absolute atomic E-state index is 14.6. The van der Waals surface area contributed by atoms with Gasteiger partial charge in [0.1, 0.15) is 5.82 Å². The summed E-state index contributed by atoms with van der Waals surface area (Å²) in [6.45, 7) is 1.84. The summed E-state index contributed by atoms with van der Waals surface area (Å²) in [6, 6.07) is 12.1. The predicted molar refractivity (Wildman–Crippen MR) is 113 cm³/mol. The molecule has 1 heterocycles. The topological polar surface area (TPSA) is 83.1 Å². The second-order valence-corrected chi connectivity index (χ2v) is 7.04. The standard InChI is InChI=1S/C23H20F4N4O2/c1-2-14-5-3-4-6-19(14)15-7-8-16(20(24)10-15)12-29-22(33)31-30-21(32)17-9-18(13-28-11-17)23(25,26)27/h3-11,13H,2,12H2,1H3,(H,30,32)(H2,29,31,33). The van der Waals surface area contributed by atoms with E-state index >= 15 is 0 Å². The fraction of sp³-hybridized carbons (Fsp3) is 0.174. The lowest BCUT2D eigenvalue weighted by molar-refractivity contribution is -0.137. The van der Waals surface area contributed by atoms with Gasteiger partial charge < -0.3 is 5.32 Å². The zero-order valence-corrected chi connectivity index (χ0v) is 17.5. The molecule has 0 saturated heterocycles. The first-order valence-corrected chi connectivity index (χ1v) is 9.92. The van der Waals surface area contributed by atoms with Crippen molar-refractivity contribution in [2.45, 2.75) is 26.1 Å². The van der Waals surface area contributed by atoms with Crippen LogP contribution in [0.2, 0.25) is 0 Å². The number of amides is 3. The van der Waals surface area contributed by atoms with Gasteiger partial charge in [0.05, 0.1) is 11.1 Å². The lowest BCUT2D eigenvalue weighted by Crippen LogP contribution is -2.46. The number of hydrazine groups is 1. The Kier molecular flexibility index (Phi) is 7.27. The van der Waals surface area contributed by atoms with Crippen molar-refractivity contribution in [2.24, 2.45) is 0 Å². The van der Waals surface area contributed by atoms with Gasteiger partial charge in [0.25, 0.3) is 5.91 Å². The highest BCUT2D eigenvalue weighted by molar-refractivity contribution is 5.95. The summed E-state index contributed by atoms with van der Waals surface area (Å²) in [5, 5.41) is 2.36. The molecule has 172 valence electrons. The Hall–Kier alpha value is -3.95. The Morgan fingerprint density at radius 1 is 0.970 bits per heavy atom. The average Bonchev–Trinajstić information content (AvgIpc) is 2.81. The molecule has 33 heavy (non-hydrogen) atoms. The van der Waals surface area contributed by atoms with Crippen molar-refractivity contribution < 1.29 is 27.2 Å². The number of halogens is 4. The third-order valence-corrected chi connectivity index (χ3v) is 4.82. The van der Waals surface area contributed by atoms with E-state index in [4.69, 9.17) is 0 Å². The molecule has 0 spiro atoms. The van der Waals surface area contributed by atoms with E-state index in [0.29, 0.717) is 17.8 Å². The van der Waals surface area contributed by atoms with Crippen molar-refractivity contribution in [1.29, 1.82) is 0 Å². The van der Waals surface area contributed by atoms with Gasteiger partial charge in [-0.3, -0.25) is 15.2 Å². The Morgan fingerprint density at radius 3 is 2.42 bits per heavy atom. The summed E-state index contributed by atoms with van der Waals surface area (Å²) in [5.74, 6) is -1.51. The van der Waals surface area contributed by atoms with Crippen molar-refractivity contribution in [1.82, 2.24) is 21.2 Å². The number of benzene rings is 2. The fourth-order valence-corrected chi connectivity index (χ4v) is 3.09. The predicted octanol–water partition coefficient (Wildman–Crippen LogP) is 4.61. The Labute approximate surface area is 187 Å². The number of carbonyl (C=O) groups is 2. The summed E-state index contributed by atoms with van der Waals surface area (Å²) < 4.78 is 52.7. The zero-order valence-electron chi connectivity index (χ0n) is 17.5. The van der Waals surface area contributed by atoms with E-state index in [0.717, 1.165) is 23.7 Å². The van der Waals surface area contributed by atoms with E-state index in [-0.39, 0.29) is 17.7 Å². The van der Waals surface area contributed by atoms with Crippen LogP contribution >= 0.6 is 0 Å². The first-order valence-electron chi connectivity index (χ1n) is 9.92. The number of hydrogen-bond acceptors (Lipinski definition) is 3. The monoisotopic (exact) mass is 460 g/mol. The van der Waals surface area contributed by atoms with Crippen molar-refractivity contribution in [3.8, 4) is 11.1 Å². The van der Waals surface area contributed by atoms with Gasteiger partial charge >= 0.3 is 12.2 Å². The van der Waals surface area contributed by atoms with Gasteiger partial charge in [0, 0.05) is 24.5 Å². The van der Waals surface area contributed by atoms with Crippen molar-refractivity contribution in [3.63, 3.8) is 0 Å². The van der Waals surface area contributed by atoms with Crippen LogP contribution in [-0.4, -0.2) is 16.9 Å². The van der Waals surface area contributed by atoms with Crippen molar-refractivity contribution in [3.05, 3.63) is 89.0 Å². The van der Waals surface area contributed by atoms with Gasteiger partial charge in [-0.15, -0.1) is 0 Å². The van der Waals surface area contributed by atoms with Crippen molar-refractivity contribution in [2.75, 3.05) is 0 Å². The number of carbonyl (C=O) groups excluding carboxylic acids is 2. The zero-order chi connectivity index (χ0) is 24.0. The van der Waals surface area contributed by atoms with Gasteiger partial charge in [-0.2, -0.15) is 13.2 Å². The molecular formula is C23H20F4N4O2. The lowest BCUT2D eigenvalue weighted by Gasteiger charge is -2.12. The van der Waals surface area contributed by atoms with E-state index in [9.17, 15) is 27.2 Å². The van der Waals surface area contributed by atoms with E-state index in [2.05, 4.69) is 10.3 Å². The molecule has 3 rings (SSSR count). The third kappa shape index (κ3) is 6.06. The number of aromatic nitrogens is 1. The molecule has 3 N–H and O–H groups in total. The average molecular weight is 460 g/mol. The Balaban J connectivity index is 1.56. The highest BCUT2D eigenvalue weighted by Crippen LogP contribution is 2.29. The van der Waals surface area contributed by atoms with Gasteiger partial charge in [-0.05, 0) is 35.2 Å². The fourth-order valence-electron chi connectivity index (χ4n) is 3.09. The van der Waals surface area contributed by atoms with Gasteiger partial charge in [-0.1, -0.05) is 43.3 Å². The first-order chi connectivity index (χ1) is 15.7. The highest BCUT2D eigenvalue weighted by atomic mass is 19.4. The molecule has 0 atom stereocenters. The molecular weight excluding hydrogens is 440 g/mol. The molecule has 0 unspecified atom stereocenters. The number of nitrogens with zero attached hydrogens (tertiary/aromatic N) is 1. The number of alkyl halides is 3. The number of hydrogen-bond donors (Lipinski definition) is 3. The summed E-state index contributed by atoms with van der Waals surface area (Å²) in [6.07, 6.45) is -2.36. The van der Waals surface area contributed by atoms with E-state index < -0.39 is 29.5 Å². The largest absolute Gasteiger partial charge is 0.417 e. The number of urea groups is 1. The van der Waals surface area contributed by atoms with Crippen LogP contribution in [0.4, 0.5) is 22.4 Å². The summed E-state index contributed by atoms with van der Waals surface area (Å²) >= 11 is 0. The van der Waals surface area contributed by atoms with Crippen LogP contribution in [0.25, 0.3) is 11.1 Å². The smallest absolute Gasteiger partial charge is 0.333 e. The molecule has 3 amide bonds. The number of rotatable bonds is 5. The molecule has 2 aromatic carbocycles. The summed E-state index contributed by atoms with van der Waals surface area (Å²) in [7, 11) is 0. The molecule has 6 nitrogen and oxygen atoms in total. The number of nitrogens with one attached hydrogen (secondary N) is 3. The maximum atomic E-state index is 14.6. The summed E-state index contributed by atoms with van der Waals surface area (Å²) in [4.78, 5) is 27.2. The molecule has 0 radical (unpaired) electrons. The van der Waals surface area contributed by atoms with Crippen LogP contribution in [0.5, 0.6) is 0 Å². The maximum Gasteiger partial charge on any atom is 0.417 e. The van der Waals surface area contributed by atoms with Gasteiger partial charge in [0.2, 0.25) is 0 Å². The van der Waals surface area contributed by atoms with Crippen LogP contribution < -0.4 is 16.2 Å². The lowest BCUT2D eigenvalue weighted by atomic mass is 9.97. The molecule has 1 aromatic heterocycles. The molecule has 0 aliphatic carbocycles.